The second kappa shape index (κ2) is 7.61. The summed E-state index contributed by atoms with van der Waals surface area (Å²) in [5.74, 6) is -0.349. The summed E-state index contributed by atoms with van der Waals surface area (Å²) in [5.41, 5.74) is 0.835. The molecular formula is C21H29ClO2Si. The molecule has 0 radical (unpaired) electrons. The maximum Gasteiger partial charge on any atom is 0.140 e. The van der Waals surface area contributed by atoms with E-state index in [0.29, 0.717) is 0 Å². The monoisotopic (exact) mass is 376 g/mol. The molecule has 0 aliphatic heterocycles. The van der Waals surface area contributed by atoms with Crippen LogP contribution < -0.4 is 0 Å². The van der Waals surface area contributed by atoms with E-state index in [1.54, 1.807) is 0 Å². The Labute approximate surface area is 157 Å². The van der Waals surface area contributed by atoms with Crippen molar-refractivity contribution in [2.75, 3.05) is 0 Å². The Bertz CT molecular complexity index is 738. The summed E-state index contributed by atoms with van der Waals surface area (Å²) in [6, 6.07) is 14.7. The summed E-state index contributed by atoms with van der Waals surface area (Å²) in [6.45, 7) is 10.4. The van der Waals surface area contributed by atoms with Gasteiger partial charge < -0.3 is 5.11 Å². The van der Waals surface area contributed by atoms with E-state index in [4.69, 9.17) is 11.6 Å². The van der Waals surface area contributed by atoms with Crippen molar-refractivity contribution in [2.45, 2.75) is 56.9 Å². The Kier molecular flexibility index (Phi) is 6.13. The summed E-state index contributed by atoms with van der Waals surface area (Å²) in [4.78, 5) is 12.4. The Morgan fingerprint density at radius 3 is 2.32 bits per heavy atom. The number of Topliss-reactive ketones (excluding diaryl/α,β-unsaturated/α-hetero) is 1. The fourth-order valence-electron chi connectivity index (χ4n) is 3.33. The zero-order valence-electron chi connectivity index (χ0n) is 15.8. The molecule has 2 nitrogen and oxygen atoms in total. The number of hydrogen-bond acceptors (Lipinski definition) is 2. The summed E-state index contributed by atoms with van der Waals surface area (Å²) in [6.07, 6.45) is -0.532. The molecule has 0 aromatic heterocycles. The van der Waals surface area contributed by atoms with E-state index in [1.165, 1.54) is 0 Å². The van der Waals surface area contributed by atoms with Crippen LogP contribution in [0.1, 0.15) is 31.9 Å². The molecule has 0 fully saturated rings. The summed E-state index contributed by atoms with van der Waals surface area (Å²) < 4.78 is 0. The highest BCUT2D eigenvalue weighted by Gasteiger charge is 2.35. The Hall–Kier alpha value is -1.16. The Morgan fingerprint density at radius 2 is 1.72 bits per heavy atom. The quantitative estimate of drug-likeness (QED) is 0.489. The summed E-state index contributed by atoms with van der Waals surface area (Å²) in [5, 5.41) is 13.3. The van der Waals surface area contributed by atoms with E-state index in [0.717, 1.165) is 22.4 Å². The van der Waals surface area contributed by atoms with Gasteiger partial charge in [-0.25, -0.2) is 0 Å². The van der Waals surface area contributed by atoms with E-state index in [9.17, 15) is 9.90 Å². The van der Waals surface area contributed by atoms with Crippen LogP contribution in [0.3, 0.4) is 0 Å². The maximum absolute atomic E-state index is 13.0. The molecule has 0 amide bonds. The Morgan fingerprint density at radius 1 is 1.12 bits per heavy atom. The van der Waals surface area contributed by atoms with Crippen LogP contribution in [0.4, 0.5) is 0 Å². The minimum atomic E-state index is -1.55. The molecule has 0 saturated carbocycles. The summed E-state index contributed by atoms with van der Waals surface area (Å²) >= 11 is 6.30. The minimum absolute atomic E-state index is 0.0582. The third kappa shape index (κ3) is 5.66. The number of halogens is 1. The molecule has 0 aliphatic rings. The van der Waals surface area contributed by atoms with Crippen LogP contribution in [-0.2, 0) is 4.79 Å². The first-order valence-electron chi connectivity index (χ1n) is 8.85. The SMILES string of the molecule is CC(C)(Cl)CC(=O)[C@@H](C[Si](C)(C)C)[C@H](O)c1cccc2ccccc12. The van der Waals surface area contributed by atoms with Crippen molar-refractivity contribution in [3.05, 3.63) is 48.0 Å². The zero-order chi connectivity index (χ0) is 18.8. The largest absolute Gasteiger partial charge is 0.388 e. The fourth-order valence-corrected chi connectivity index (χ4v) is 5.23. The standard InChI is InChI=1S/C21H29ClO2Si/c1-21(2,22)13-19(23)18(14-25(3,4)5)20(24)17-12-8-10-15-9-6-7-11-16(15)17/h6-12,18,20,24H,13-14H2,1-5H3/t18-,20-/m1/s1. The van der Waals surface area contributed by atoms with Gasteiger partial charge in [0, 0.05) is 25.3 Å². The molecule has 0 bridgehead atoms. The molecule has 2 atom stereocenters. The van der Waals surface area contributed by atoms with Crippen LogP contribution in [0.25, 0.3) is 10.8 Å². The van der Waals surface area contributed by atoms with Gasteiger partial charge in [-0.2, -0.15) is 0 Å². The van der Waals surface area contributed by atoms with Gasteiger partial charge in [0.1, 0.15) is 5.78 Å². The van der Waals surface area contributed by atoms with Crippen molar-refractivity contribution in [1.29, 1.82) is 0 Å². The van der Waals surface area contributed by atoms with Crippen LogP contribution in [0.15, 0.2) is 42.5 Å². The van der Waals surface area contributed by atoms with Crippen molar-refractivity contribution < 1.29 is 9.90 Å². The Balaban J connectivity index is 2.43. The van der Waals surface area contributed by atoms with Gasteiger partial charge in [0.2, 0.25) is 0 Å². The minimum Gasteiger partial charge on any atom is -0.388 e. The third-order valence-corrected chi connectivity index (χ3v) is 6.16. The first-order chi connectivity index (χ1) is 11.5. The lowest BCUT2D eigenvalue weighted by Crippen LogP contribution is -2.34. The van der Waals surface area contributed by atoms with Gasteiger partial charge in [0.05, 0.1) is 6.10 Å². The molecule has 0 saturated heterocycles. The molecule has 136 valence electrons. The highest BCUT2D eigenvalue weighted by molar-refractivity contribution is 6.76. The summed E-state index contributed by atoms with van der Waals surface area (Å²) in [7, 11) is -1.55. The van der Waals surface area contributed by atoms with Crippen LogP contribution in [0.2, 0.25) is 25.7 Å². The molecule has 4 heteroatoms. The molecule has 0 aliphatic carbocycles. The van der Waals surface area contributed by atoms with Gasteiger partial charge in [0.15, 0.2) is 0 Å². The van der Waals surface area contributed by atoms with Gasteiger partial charge in [-0.3, -0.25) is 4.79 Å². The average Bonchev–Trinajstić information content (AvgIpc) is 2.49. The smallest absolute Gasteiger partial charge is 0.140 e. The fraction of sp³-hybridized carbons (Fsp3) is 0.476. The van der Waals surface area contributed by atoms with Crippen LogP contribution in [0.5, 0.6) is 0 Å². The van der Waals surface area contributed by atoms with Crippen molar-refractivity contribution >= 4 is 36.2 Å². The van der Waals surface area contributed by atoms with Gasteiger partial charge >= 0.3 is 0 Å². The van der Waals surface area contributed by atoms with Crippen molar-refractivity contribution in [3.8, 4) is 0 Å². The lowest BCUT2D eigenvalue weighted by atomic mass is 9.87. The van der Waals surface area contributed by atoms with E-state index in [1.807, 2.05) is 56.3 Å². The second-order valence-corrected chi connectivity index (χ2v) is 15.3. The number of fused-ring (bicyclic) bond motifs is 1. The van der Waals surface area contributed by atoms with Crippen molar-refractivity contribution in [2.24, 2.45) is 5.92 Å². The van der Waals surface area contributed by atoms with Crippen molar-refractivity contribution in [1.82, 2.24) is 0 Å². The number of benzene rings is 2. The predicted molar refractivity (Wildman–Crippen MR) is 110 cm³/mol. The topological polar surface area (TPSA) is 37.3 Å². The molecule has 0 unspecified atom stereocenters. The molecule has 2 aromatic carbocycles. The highest BCUT2D eigenvalue weighted by Crippen LogP contribution is 2.36. The molecule has 2 aromatic rings. The van der Waals surface area contributed by atoms with Gasteiger partial charge in [0.25, 0.3) is 0 Å². The maximum atomic E-state index is 13.0. The zero-order valence-corrected chi connectivity index (χ0v) is 17.6. The number of hydrogen-bond donors (Lipinski definition) is 1. The predicted octanol–water partition coefficient (Wildman–Crippen LogP) is 5.80. The first-order valence-corrected chi connectivity index (χ1v) is 12.9. The van der Waals surface area contributed by atoms with Gasteiger partial charge in [-0.05, 0) is 36.2 Å². The number of aliphatic hydroxyl groups excluding tert-OH is 1. The first kappa shape index (κ1) is 20.2. The number of aliphatic hydroxyl groups is 1. The lowest BCUT2D eigenvalue weighted by Gasteiger charge is -2.30. The molecule has 25 heavy (non-hydrogen) atoms. The second-order valence-electron chi connectivity index (χ2n) is 8.75. The average molecular weight is 377 g/mol. The normalized spacial score (nSPS) is 15.2. The number of alkyl halides is 1. The van der Waals surface area contributed by atoms with Gasteiger partial charge in [-0.1, -0.05) is 62.1 Å². The third-order valence-electron chi connectivity index (χ3n) is 4.36. The van der Waals surface area contributed by atoms with E-state index < -0.39 is 25.0 Å². The van der Waals surface area contributed by atoms with E-state index >= 15 is 0 Å². The molecule has 1 N–H and O–H groups in total. The van der Waals surface area contributed by atoms with Crippen LogP contribution in [-0.4, -0.2) is 23.8 Å². The lowest BCUT2D eigenvalue weighted by molar-refractivity contribution is -0.126. The molecular weight excluding hydrogens is 348 g/mol. The highest BCUT2D eigenvalue weighted by atomic mass is 35.5. The van der Waals surface area contributed by atoms with Crippen molar-refractivity contribution in [3.63, 3.8) is 0 Å². The molecule has 2 rings (SSSR count). The van der Waals surface area contributed by atoms with Gasteiger partial charge in [-0.15, -0.1) is 11.6 Å². The molecule has 0 spiro atoms. The van der Waals surface area contributed by atoms with E-state index in [2.05, 4.69) is 19.6 Å². The molecule has 0 heterocycles. The number of rotatable bonds is 7. The van der Waals surface area contributed by atoms with Crippen LogP contribution in [0, 0.1) is 5.92 Å². The number of carbonyl (C=O) groups excluding carboxylic acids is 1. The van der Waals surface area contributed by atoms with Crippen LogP contribution >= 0.6 is 11.6 Å². The number of ketones is 1. The van der Waals surface area contributed by atoms with E-state index in [-0.39, 0.29) is 12.2 Å². The number of carbonyl (C=O) groups is 1.